The fraction of sp³-hybridized carbons (Fsp3) is 0.706. The topological polar surface area (TPSA) is 84.7 Å². The summed E-state index contributed by atoms with van der Waals surface area (Å²) in [7, 11) is 1.66. The lowest BCUT2D eigenvalue weighted by Gasteiger charge is -2.43. The fourth-order valence-electron chi connectivity index (χ4n) is 3.97. The van der Waals surface area contributed by atoms with Crippen LogP contribution < -0.4 is 5.32 Å². The summed E-state index contributed by atoms with van der Waals surface area (Å²) in [6.07, 6.45) is 5.13. The van der Waals surface area contributed by atoms with E-state index in [9.17, 15) is 9.59 Å². The van der Waals surface area contributed by atoms with E-state index in [1.54, 1.807) is 20.1 Å². The predicted octanol–water partition coefficient (Wildman–Crippen LogP) is 1.66. The zero-order chi connectivity index (χ0) is 17.2. The average molecular weight is 335 g/mol. The Labute approximate surface area is 141 Å². The molecule has 1 saturated heterocycles. The summed E-state index contributed by atoms with van der Waals surface area (Å²) < 4.78 is 10.1. The van der Waals surface area contributed by atoms with Gasteiger partial charge in [-0.15, -0.1) is 0 Å². The van der Waals surface area contributed by atoms with Crippen LogP contribution in [0, 0.1) is 6.92 Å². The fourth-order valence-corrected chi connectivity index (χ4v) is 3.97. The van der Waals surface area contributed by atoms with Crippen LogP contribution >= 0.6 is 0 Å². The molecule has 2 heterocycles. The Morgan fingerprint density at radius 2 is 2.21 bits per heavy atom. The van der Waals surface area contributed by atoms with Crippen molar-refractivity contribution in [3.63, 3.8) is 0 Å². The number of likely N-dealkylation sites (tertiary alicyclic amines) is 1. The van der Waals surface area contributed by atoms with Gasteiger partial charge in [-0.25, -0.2) is 0 Å². The van der Waals surface area contributed by atoms with Crippen LogP contribution in [0.5, 0.6) is 0 Å². The van der Waals surface area contributed by atoms with E-state index in [0.29, 0.717) is 31.0 Å². The molecular weight excluding hydrogens is 310 g/mol. The number of hydrogen-bond donors (Lipinski definition) is 1. The molecular formula is C17H25N3O4. The molecule has 1 N–H and O–H groups in total. The van der Waals surface area contributed by atoms with E-state index in [1.807, 2.05) is 4.90 Å². The van der Waals surface area contributed by atoms with E-state index in [2.05, 4.69) is 10.5 Å². The maximum Gasteiger partial charge on any atom is 0.273 e. The number of aromatic nitrogens is 1. The summed E-state index contributed by atoms with van der Waals surface area (Å²) in [4.78, 5) is 26.4. The Morgan fingerprint density at radius 3 is 2.83 bits per heavy atom. The summed E-state index contributed by atoms with van der Waals surface area (Å²) >= 11 is 0. The number of rotatable bonds is 5. The molecule has 1 aliphatic heterocycles. The quantitative estimate of drug-likeness (QED) is 0.885. The van der Waals surface area contributed by atoms with Crippen molar-refractivity contribution in [1.29, 1.82) is 0 Å². The number of ether oxygens (including phenoxy) is 1. The van der Waals surface area contributed by atoms with Gasteiger partial charge in [-0.05, 0) is 39.0 Å². The number of nitrogens with zero attached hydrogens (tertiary/aromatic N) is 2. The van der Waals surface area contributed by atoms with Crippen LogP contribution in [0.3, 0.4) is 0 Å². The number of carbonyl (C=O) groups is 2. The largest absolute Gasteiger partial charge is 0.383 e. The molecule has 7 nitrogen and oxygen atoms in total. The van der Waals surface area contributed by atoms with Crippen LogP contribution in [0.25, 0.3) is 0 Å². The highest BCUT2D eigenvalue weighted by Gasteiger charge is 2.46. The van der Waals surface area contributed by atoms with Crippen molar-refractivity contribution in [2.75, 3.05) is 20.3 Å². The summed E-state index contributed by atoms with van der Waals surface area (Å²) in [6, 6.07) is 1.77. The summed E-state index contributed by atoms with van der Waals surface area (Å²) in [5.41, 5.74) is 0.284. The molecule has 0 unspecified atom stereocenters. The first-order valence-electron chi connectivity index (χ1n) is 8.58. The van der Waals surface area contributed by atoms with Crippen molar-refractivity contribution < 1.29 is 18.8 Å². The van der Waals surface area contributed by atoms with E-state index in [-0.39, 0.29) is 23.4 Å². The molecule has 1 aliphatic carbocycles. The summed E-state index contributed by atoms with van der Waals surface area (Å²) in [6.45, 7) is 2.99. The third-order valence-corrected chi connectivity index (χ3v) is 5.31. The maximum atomic E-state index is 12.2. The smallest absolute Gasteiger partial charge is 0.273 e. The second kappa shape index (κ2) is 6.93. The average Bonchev–Trinajstić information content (AvgIpc) is 3.13. The molecule has 3 rings (SSSR count). The standard InChI is InChI=1S/C17H25N3O4/c1-12-11-14(19-24-12)16(22)18-13-3-6-17(7-4-13)8-5-15(21)20(17)9-10-23-2/h11,13H,3-10H2,1-2H3,(H,18,22). The van der Waals surface area contributed by atoms with Crippen molar-refractivity contribution in [1.82, 2.24) is 15.4 Å². The molecule has 0 bridgehead atoms. The minimum Gasteiger partial charge on any atom is -0.383 e. The Bertz CT molecular complexity index is 605. The molecule has 0 radical (unpaired) electrons. The molecule has 0 aromatic carbocycles. The summed E-state index contributed by atoms with van der Waals surface area (Å²) in [5.74, 6) is 0.667. The van der Waals surface area contributed by atoms with Crippen LogP contribution in [-0.4, -0.2) is 53.7 Å². The Morgan fingerprint density at radius 1 is 1.46 bits per heavy atom. The van der Waals surface area contributed by atoms with E-state index in [0.717, 1.165) is 32.1 Å². The second-order valence-electron chi connectivity index (χ2n) is 6.83. The van der Waals surface area contributed by atoms with Crippen molar-refractivity contribution in [3.05, 3.63) is 17.5 Å². The first-order valence-corrected chi connectivity index (χ1v) is 8.58. The van der Waals surface area contributed by atoms with Crippen LogP contribution in [0.2, 0.25) is 0 Å². The molecule has 7 heteroatoms. The van der Waals surface area contributed by atoms with Gasteiger partial charge in [-0.2, -0.15) is 0 Å². The van der Waals surface area contributed by atoms with E-state index in [4.69, 9.17) is 9.26 Å². The van der Waals surface area contributed by atoms with Crippen molar-refractivity contribution in [2.24, 2.45) is 0 Å². The molecule has 132 valence electrons. The molecule has 1 saturated carbocycles. The highest BCUT2D eigenvalue weighted by Crippen LogP contribution is 2.42. The lowest BCUT2D eigenvalue weighted by molar-refractivity contribution is -0.133. The number of hydrogen-bond acceptors (Lipinski definition) is 5. The number of amides is 2. The SMILES string of the molecule is COCCN1C(=O)CCC12CCC(NC(=O)c1cc(C)on1)CC2. The second-order valence-corrected chi connectivity index (χ2v) is 6.83. The van der Waals surface area contributed by atoms with Gasteiger partial charge in [0.05, 0.1) is 6.61 Å². The van der Waals surface area contributed by atoms with Crippen LogP contribution in [0.4, 0.5) is 0 Å². The Kier molecular flexibility index (Phi) is 4.89. The van der Waals surface area contributed by atoms with Crippen LogP contribution in [-0.2, 0) is 9.53 Å². The third-order valence-electron chi connectivity index (χ3n) is 5.31. The number of carbonyl (C=O) groups excluding carboxylic acids is 2. The maximum absolute atomic E-state index is 12.2. The van der Waals surface area contributed by atoms with E-state index >= 15 is 0 Å². The highest BCUT2D eigenvalue weighted by molar-refractivity contribution is 5.92. The van der Waals surface area contributed by atoms with Crippen molar-refractivity contribution in [2.45, 2.75) is 57.0 Å². The summed E-state index contributed by atoms with van der Waals surface area (Å²) in [5, 5.41) is 6.79. The minimum absolute atomic E-state index is 0.0404. The van der Waals surface area contributed by atoms with Crippen LogP contribution in [0.15, 0.2) is 10.6 Å². The number of methoxy groups -OCH3 is 1. The van der Waals surface area contributed by atoms with Crippen LogP contribution in [0.1, 0.15) is 54.8 Å². The monoisotopic (exact) mass is 335 g/mol. The highest BCUT2D eigenvalue weighted by atomic mass is 16.5. The third kappa shape index (κ3) is 3.31. The van der Waals surface area contributed by atoms with Gasteiger partial charge in [0, 0.05) is 37.7 Å². The number of nitrogens with one attached hydrogen (secondary N) is 1. The van der Waals surface area contributed by atoms with Crippen molar-refractivity contribution >= 4 is 11.8 Å². The van der Waals surface area contributed by atoms with Gasteiger partial charge in [0.1, 0.15) is 5.76 Å². The minimum atomic E-state index is -0.188. The first kappa shape index (κ1) is 17.0. The lowest BCUT2D eigenvalue weighted by atomic mass is 9.77. The van der Waals surface area contributed by atoms with Crippen molar-refractivity contribution in [3.8, 4) is 0 Å². The Balaban J connectivity index is 1.57. The zero-order valence-corrected chi connectivity index (χ0v) is 14.3. The predicted molar refractivity (Wildman–Crippen MR) is 86.5 cm³/mol. The molecule has 1 aromatic rings. The molecule has 2 amide bonds. The van der Waals surface area contributed by atoms with Gasteiger partial charge in [0.2, 0.25) is 5.91 Å². The van der Waals surface area contributed by atoms with E-state index in [1.165, 1.54) is 0 Å². The molecule has 0 atom stereocenters. The molecule has 1 aromatic heterocycles. The number of aryl methyl sites for hydroxylation is 1. The Hall–Kier alpha value is -1.89. The molecule has 2 aliphatic rings. The van der Waals surface area contributed by atoms with E-state index < -0.39 is 0 Å². The molecule has 24 heavy (non-hydrogen) atoms. The first-order chi connectivity index (χ1) is 11.5. The van der Waals surface area contributed by atoms with Gasteiger partial charge >= 0.3 is 0 Å². The normalized spacial score (nSPS) is 27.0. The zero-order valence-electron chi connectivity index (χ0n) is 14.3. The lowest BCUT2D eigenvalue weighted by Crippen LogP contribution is -2.52. The van der Waals surface area contributed by atoms with Gasteiger partial charge in [-0.1, -0.05) is 5.16 Å². The van der Waals surface area contributed by atoms with Gasteiger partial charge in [0.15, 0.2) is 5.69 Å². The molecule has 1 spiro atoms. The van der Waals surface area contributed by atoms with Gasteiger partial charge < -0.3 is 19.5 Å². The van der Waals surface area contributed by atoms with Gasteiger partial charge in [-0.3, -0.25) is 9.59 Å². The van der Waals surface area contributed by atoms with Gasteiger partial charge in [0.25, 0.3) is 5.91 Å². The molecule has 2 fully saturated rings.